The maximum Gasteiger partial charge on any atom is 0.145 e. The summed E-state index contributed by atoms with van der Waals surface area (Å²) >= 11 is 0. The summed E-state index contributed by atoms with van der Waals surface area (Å²) in [5, 5.41) is 7.14. The zero-order chi connectivity index (χ0) is 33.5. The highest BCUT2D eigenvalue weighted by atomic mass is 16.3. The first kappa shape index (κ1) is 28.0. The molecule has 11 aromatic rings. The second-order valence-electron chi connectivity index (χ2n) is 13.3. The first-order valence-electron chi connectivity index (χ1n) is 17.4. The highest BCUT2D eigenvalue weighted by Crippen LogP contribution is 2.46. The fourth-order valence-electron chi connectivity index (χ4n) is 8.25. The van der Waals surface area contributed by atoms with Gasteiger partial charge in [0.1, 0.15) is 11.2 Å². The quantitative estimate of drug-likeness (QED) is 0.186. The Kier molecular flexibility index (Phi) is 5.96. The monoisotopic (exact) mass is 650 g/mol. The van der Waals surface area contributed by atoms with Crippen LogP contribution in [0.3, 0.4) is 0 Å². The molecule has 51 heavy (non-hydrogen) atoms. The van der Waals surface area contributed by atoms with Crippen molar-refractivity contribution >= 4 is 65.6 Å². The maximum atomic E-state index is 6.84. The van der Waals surface area contributed by atoms with Gasteiger partial charge in [-0.3, -0.25) is 0 Å². The summed E-state index contributed by atoms with van der Waals surface area (Å²) in [7, 11) is 0. The Morgan fingerprint density at radius 3 is 1.67 bits per heavy atom. The number of para-hydroxylation sites is 4. The van der Waals surface area contributed by atoms with Crippen molar-refractivity contribution in [2.24, 2.45) is 0 Å². The van der Waals surface area contributed by atoms with E-state index in [4.69, 9.17) is 4.42 Å². The van der Waals surface area contributed by atoms with Crippen molar-refractivity contribution in [2.45, 2.75) is 0 Å². The van der Waals surface area contributed by atoms with Crippen LogP contribution < -0.4 is 0 Å². The van der Waals surface area contributed by atoms with E-state index >= 15 is 0 Å². The SMILES string of the molecule is c1ccc(-c2ccc(-n3c4ccccc4c4cc(-c5cc6c7ccccc7n(-c7ccccc7)c6c6c5oc5ccccc56)ccc43)cc2)cc1. The third-order valence-corrected chi connectivity index (χ3v) is 10.5. The van der Waals surface area contributed by atoms with Crippen molar-refractivity contribution < 1.29 is 4.42 Å². The van der Waals surface area contributed by atoms with Gasteiger partial charge in [0.2, 0.25) is 0 Å². The molecule has 0 saturated heterocycles. The maximum absolute atomic E-state index is 6.84. The second kappa shape index (κ2) is 10.8. The molecule has 0 radical (unpaired) electrons. The summed E-state index contributed by atoms with van der Waals surface area (Å²) in [6, 6.07) is 65.3. The lowest BCUT2D eigenvalue weighted by atomic mass is 9.97. The number of aromatic nitrogens is 2. The van der Waals surface area contributed by atoms with E-state index in [-0.39, 0.29) is 0 Å². The summed E-state index contributed by atoms with van der Waals surface area (Å²) in [5.74, 6) is 0. The average Bonchev–Trinajstić information content (AvgIpc) is 3.86. The molecule has 3 aromatic heterocycles. The molecule has 0 N–H and O–H groups in total. The van der Waals surface area contributed by atoms with Crippen molar-refractivity contribution in [1.29, 1.82) is 0 Å². The molecule has 0 aliphatic rings. The van der Waals surface area contributed by atoms with Gasteiger partial charge < -0.3 is 13.6 Å². The van der Waals surface area contributed by atoms with E-state index in [9.17, 15) is 0 Å². The van der Waals surface area contributed by atoms with Crippen LogP contribution in [0.5, 0.6) is 0 Å². The molecule has 0 unspecified atom stereocenters. The third-order valence-electron chi connectivity index (χ3n) is 10.5. The van der Waals surface area contributed by atoms with Crippen LogP contribution in [0.4, 0.5) is 0 Å². The van der Waals surface area contributed by atoms with E-state index in [1.165, 1.54) is 54.7 Å². The van der Waals surface area contributed by atoms with Gasteiger partial charge >= 0.3 is 0 Å². The first-order valence-corrected chi connectivity index (χ1v) is 17.4. The molecule has 0 aliphatic heterocycles. The summed E-state index contributed by atoms with van der Waals surface area (Å²) in [6.07, 6.45) is 0. The standard InChI is InChI=1S/C48H30N2O/c1-3-13-31(14-4-1)32-23-26-35(27-24-32)49-42-20-10-7-17-36(42)40-29-33(25-28-44(40)49)39-30-41-37-18-8-11-21-43(37)50(34-15-5-2-6-16-34)47(41)46-38-19-9-12-22-45(38)51-48(39)46/h1-30H. The zero-order valence-electron chi connectivity index (χ0n) is 27.6. The van der Waals surface area contributed by atoms with Crippen molar-refractivity contribution in [2.75, 3.05) is 0 Å². The lowest BCUT2D eigenvalue weighted by molar-refractivity contribution is 0.670. The highest BCUT2D eigenvalue weighted by molar-refractivity contribution is 6.27. The third kappa shape index (κ3) is 4.12. The van der Waals surface area contributed by atoms with Gasteiger partial charge in [-0.25, -0.2) is 0 Å². The largest absolute Gasteiger partial charge is 0.455 e. The summed E-state index contributed by atoms with van der Waals surface area (Å²) in [6.45, 7) is 0. The molecule has 0 amide bonds. The predicted octanol–water partition coefficient (Wildman–Crippen LogP) is 13.1. The van der Waals surface area contributed by atoms with E-state index in [2.05, 4.69) is 191 Å². The van der Waals surface area contributed by atoms with Crippen LogP contribution in [-0.4, -0.2) is 9.13 Å². The van der Waals surface area contributed by atoms with Gasteiger partial charge in [0.25, 0.3) is 0 Å². The summed E-state index contributed by atoms with van der Waals surface area (Å²) in [5.41, 5.74) is 13.4. The minimum atomic E-state index is 0.891. The van der Waals surface area contributed by atoms with Gasteiger partial charge in [0, 0.05) is 43.9 Å². The van der Waals surface area contributed by atoms with Gasteiger partial charge in [-0.2, -0.15) is 0 Å². The van der Waals surface area contributed by atoms with Gasteiger partial charge in [0.15, 0.2) is 0 Å². The Hall–Kier alpha value is -6.84. The smallest absolute Gasteiger partial charge is 0.145 e. The number of furan rings is 1. The van der Waals surface area contributed by atoms with Crippen molar-refractivity contribution in [3.63, 3.8) is 0 Å². The molecule has 0 atom stereocenters. The van der Waals surface area contributed by atoms with Crippen LogP contribution in [0, 0.1) is 0 Å². The minimum absolute atomic E-state index is 0.891. The fraction of sp³-hybridized carbons (Fsp3) is 0. The van der Waals surface area contributed by atoms with Gasteiger partial charge in [-0.1, -0.05) is 121 Å². The van der Waals surface area contributed by atoms with Crippen LogP contribution >= 0.6 is 0 Å². The molecular weight excluding hydrogens is 621 g/mol. The Balaban J connectivity index is 1.19. The van der Waals surface area contributed by atoms with Crippen molar-refractivity contribution in [3.05, 3.63) is 182 Å². The Labute approximate surface area is 293 Å². The number of hydrogen-bond donors (Lipinski definition) is 0. The first-order chi connectivity index (χ1) is 25.3. The molecule has 238 valence electrons. The summed E-state index contributed by atoms with van der Waals surface area (Å²) in [4.78, 5) is 0. The predicted molar refractivity (Wildman–Crippen MR) is 213 cm³/mol. The average molecular weight is 651 g/mol. The fourth-order valence-corrected chi connectivity index (χ4v) is 8.25. The molecule has 8 aromatic carbocycles. The van der Waals surface area contributed by atoms with Crippen LogP contribution in [0.15, 0.2) is 186 Å². The molecule has 0 fully saturated rings. The van der Waals surface area contributed by atoms with Crippen LogP contribution in [0.1, 0.15) is 0 Å². The topological polar surface area (TPSA) is 23.0 Å². The van der Waals surface area contributed by atoms with Gasteiger partial charge in [0.05, 0.1) is 27.5 Å². The van der Waals surface area contributed by atoms with E-state index in [0.29, 0.717) is 0 Å². The number of hydrogen-bond acceptors (Lipinski definition) is 1. The van der Waals surface area contributed by atoms with Crippen LogP contribution in [-0.2, 0) is 0 Å². The number of benzene rings is 8. The van der Waals surface area contributed by atoms with E-state index in [1.807, 2.05) is 0 Å². The molecule has 3 heteroatoms. The van der Waals surface area contributed by atoms with Gasteiger partial charge in [-0.05, 0) is 77.4 Å². The Morgan fingerprint density at radius 1 is 0.353 bits per heavy atom. The molecule has 3 nitrogen and oxygen atoms in total. The number of nitrogens with zero attached hydrogens (tertiary/aromatic N) is 2. The molecule has 0 aliphatic carbocycles. The van der Waals surface area contributed by atoms with Crippen molar-refractivity contribution in [1.82, 2.24) is 9.13 Å². The van der Waals surface area contributed by atoms with Crippen molar-refractivity contribution in [3.8, 4) is 33.6 Å². The molecular formula is C48H30N2O. The summed E-state index contributed by atoms with van der Waals surface area (Å²) < 4.78 is 11.6. The highest BCUT2D eigenvalue weighted by Gasteiger charge is 2.23. The van der Waals surface area contributed by atoms with E-state index in [1.54, 1.807) is 0 Å². The van der Waals surface area contributed by atoms with Gasteiger partial charge in [-0.15, -0.1) is 0 Å². The normalized spacial score (nSPS) is 11.9. The number of fused-ring (bicyclic) bond motifs is 10. The minimum Gasteiger partial charge on any atom is -0.455 e. The van der Waals surface area contributed by atoms with E-state index in [0.717, 1.165) is 44.4 Å². The van der Waals surface area contributed by atoms with Crippen LogP contribution in [0.25, 0.3) is 99.2 Å². The second-order valence-corrected chi connectivity index (χ2v) is 13.3. The number of rotatable bonds is 4. The molecule has 3 heterocycles. The lowest BCUT2D eigenvalue weighted by Gasteiger charge is -2.11. The lowest BCUT2D eigenvalue weighted by Crippen LogP contribution is -1.94. The molecule has 0 bridgehead atoms. The Bertz CT molecular complexity index is 3110. The molecule has 0 spiro atoms. The molecule has 11 rings (SSSR count). The Morgan fingerprint density at radius 2 is 0.902 bits per heavy atom. The van der Waals surface area contributed by atoms with E-state index < -0.39 is 0 Å². The van der Waals surface area contributed by atoms with Crippen LogP contribution in [0.2, 0.25) is 0 Å². The molecule has 0 saturated carbocycles. The zero-order valence-corrected chi connectivity index (χ0v) is 27.6.